The van der Waals surface area contributed by atoms with Crippen LogP contribution in [0.2, 0.25) is 5.02 Å². The number of hydrogen-bond donors (Lipinski definition) is 0. The van der Waals surface area contributed by atoms with E-state index >= 15 is 0 Å². The van der Waals surface area contributed by atoms with Crippen molar-refractivity contribution >= 4 is 63.5 Å². The fraction of sp³-hybridized carbons (Fsp3) is 0.333. The zero-order valence-electron chi connectivity index (χ0n) is 23.9. The Balaban J connectivity index is 1.84. The minimum absolute atomic E-state index is 0.159. The Kier molecular flexibility index (Phi) is 10.5. The van der Waals surface area contributed by atoms with Crippen LogP contribution < -0.4 is 24.4 Å². The van der Waals surface area contributed by atoms with Crippen molar-refractivity contribution in [2.75, 3.05) is 33.4 Å². The molecular weight excluding hydrogens is 693 g/mol. The van der Waals surface area contributed by atoms with Gasteiger partial charge in [-0.3, -0.25) is 14.2 Å². The average Bonchev–Trinajstić information content (AvgIpc) is 3.26. The van der Waals surface area contributed by atoms with E-state index in [2.05, 4.69) is 22.6 Å². The summed E-state index contributed by atoms with van der Waals surface area (Å²) >= 11 is 9.52. The number of likely N-dealkylation sites (N-methyl/N-ethyl adjacent to an activating group) is 1. The number of methoxy groups -OCH3 is 1. The van der Waals surface area contributed by atoms with Crippen LogP contribution in [-0.4, -0.2) is 54.8 Å². The van der Waals surface area contributed by atoms with Gasteiger partial charge in [-0.1, -0.05) is 35.1 Å². The van der Waals surface area contributed by atoms with Crippen LogP contribution >= 0.6 is 45.5 Å². The smallest absolute Gasteiger partial charge is 0.344 e. The lowest BCUT2D eigenvalue weighted by Crippen LogP contribution is -2.43. The van der Waals surface area contributed by atoms with Gasteiger partial charge >= 0.3 is 5.97 Å². The number of allylic oxidation sites excluding steroid dienone is 1. The van der Waals surface area contributed by atoms with Crippen molar-refractivity contribution in [1.29, 1.82) is 0 Å². The fourth-order valence-corrected chi connectivity index (χ4v) is 6.64. The minimum Gasteiger partial charge on any atom is -0.493 e. The molecule has 0 fully saturated rings. The van der Waals surface area contributed by atoms with E-state index in [0.717, 1.165) is 5.56 Å². The highest BCUT2D eigenvalue weighted by molar-refractivity contribution is 14.1. The number of hydrogen-bond acceptors (Lipinski definition) is 8. The van der Waals surface area contributed by atoms with Crippen LogP contribution in [0.25, 0.3) is 6.08 Å². The monoisotopic (exact) mass is 723 g/mol. The number of carbonyl (C=O) groups excluding carboxylic acids is 2. The molecule has 0 radical (unpaired) electrons. The van der Waals surface area contributed by atoms with Gasteiger partial charge in [0.05, 0.1) is 39.1 Å². The predicted octanol–water partition coefficient (Wildman–Crippen LogP) is 4.31. The minimum atomic E-state index is -0.665. The van der Waals surface area contributed by atoms with E-state index < -0.39 is 12.0 Å². The van der Waals surface area contributed by atoms with Crippen LogP contribution in [0.4, 0.5) is 0 Å². The van der Waals surface area contributed by atoms with Gasteiger partial charge < -0.3 is 19.1 Å². The number of benzene rings is 2. The van der Waals surface area contributed by atoms with Crippen molar-refractivity contribution in [2.45, 2.75) is 33.7 Å². The van der Waals surface area contributed by atoms with E-state index in [9.17, 15) is 14.4 Å². The quantitative estimate of drug-likeness (QED) is 0.229. The molecule has 12 heteroatoms. The van der Waals surface area contributed by atoms with Gasteiger partial charge in [0.2, 0.25) is 0 Å². The Morgan fingerprint density at radius 2 is 1.86 bits per heavy atom. The second-order valence-electron chi connectivity index (χ2n) is 9.24. The molecule has 42 heavy (non-hydrogen) atoms. The maximum Gasteiger partial charge on any atom is 0.344 e. The highest BCUT2D eigenvalue weighted by Crippen LogP contribution is 2.35. The van der Waals surface area contributed by atoms with Gasteiger partial charge in [0.1, 0.15) is 0 Å². The predicted molar refractivity (Wildman–Crippen MR) is 171 cm³/mol. The molecule has 1 amide bonds. The van der Waals surface area contributed by atoms with Crippen LogP contribution in [-0.2, 0) is 14.3 Å². The molecule has 1 aliphatic rings. The molecule has 0 saturated heterocycles. The first-order valence-electron chi connectivity index (χ1n) is 13.4. The van der Waals surface area contributed by atoms with E-state index in [1.807, 2.05) is 32.0 Å². The number of aromatic nitrogens is 1. The van der Waals surface area contributed by atoms with Crippen LogP contribution in [0.3, 0.4) is 0 Å². The summed E-state index contributed by atoms with van der Waals surface area (Å²) in [5.74, 6) is 0.174. The number of halogens is 2. The first-order valence-corrected chi connectivity index (χ1v) is 15.6. The molecule has 0 spiro atoms. The summed E-state index contributed by atoms with van der Waals surface area (Å²) in [4.78, 5) is 46.5. The molecule has 1 aromatic heterocycles. The van der Waals surface area contributed by atoms with Gasteiger partial charge in [0, 0.05) is 18.1 Å². The van der Waals surface area contributed by atoms with Gasteiger partial charge in [-0.25, -0.2) is 9.79 Å². The molecule has 0 aliphatic carbocycles. The zero-order chi connectivity index (χ0) is 30.6. The number of amides is 1. The summed E-state index contributed by atoms with van der Waals surface area (Å²) in [6, 6.07) is 10.1. The van der Waals surface area contributed by atoms with Gasteiger partial charge in [-0.2, -0.15) is 0 Å². The summed E-state index contributed by atoms with van der Waals surface area (Å²) in [5, 5.41) is 0.557. The molecule has 222 valence electrons. The molecule has 0 bridgehead atoms. The molecule has 2 heterocycles. The van der Waals surface area contributed by atoms with Gasteiger partial charge in [0.25, 0.3) is 11.5 Å². The summed E-state index contributed by atoms with van der Waals surface area (Å²) in [6.07, 6.45) is 1.76. The zero-order valence-corrected chi connectivity index (χ0v) is 27.6. The maximum absolute atomic E-state index is 14.0. The SMILES string of the molecule is CCOC(=O)COc1c(I)cc(/C=c2/sc3n(c2=O)[C@@H](c2ccc(Cl)cc2)C(C(=O)N(CC)CC)=C(C)N=3)cc1OC. The number of ether oxygens (including phenoxy) is 3. The number of carbonyl (C=O) groups is 2. The molecule has 9 nitrogen and oxygen atoms in total. The number of fused-ring (bicyclic) bond motifs is 1. The van der Waals surface area contributed by atoms with Crippen LogP contribution in [0.15, 0.2) is 57.5 Å². The van der Waals surface area contributed by atoms with E-state index in [4.69, 9.17) is 30.8 Å². The Hall–Kier alpha value is -3.16. The summed E-state index contributed by atoms with van der Waals surface area (Å²) < 4.78 is 18.9. The first kappa shape index (κ1) is 31.8. The Bertz CT molecular complexity index is 1710. The normalized spacial score (nSPS) is 14.7. The van der Waals surface area contributed by atoms with Gasteiger partial charge in [-0.15, -0.1) is 0 Å². The second-order valence-corrected chi connectivity index (χ2v) is 11.8. The molecule has 3 aromatic rings. The second kappa shape index (κ2) is 13.9. The van der Waals surface area contributed by atoms with E-state index in [0.29, 0.717) is 59.3 Å². The molecule has 0 unspecified atom stereocenters. The van der Waals surface area contributed by atoms with E-state index in [1.54, 1.807) is 47.6 Å². The highest BCUT2D eigenvalue weighted by Gasteiger charge is 2.34. The summed E-state index contributed by atoms with van der Waals surface area (Å²) in [7, 11) is 1.50. The van der Waals surface area contributed by atoms with Gasteiger partial charge in [-0.05, 0) is 91.8 Å². The van der Waals surface area contributed by atoms with Crippen LogP contribution in [0.1, 0.15) is 44.9 Å². The van der Waals surface area contributed by atoms with Crippen molar-refractivity contribution in [2.24, 2.45) is 4.99 Å². The third kappa shape index (κ3) is 6.57. The molecule has 0 saturated carbocycles. The third-order valence-corrected chi connectivity index (χ3v) is 8.71. The van der Waals surface area contributed by atoms with E-state index in [1.165, 1.54) is 18.4 Å². The summed E-state index contributed by atoms with van der Waals surface area (Å²) in [5.41, 5.74) is 2.21. The number of nitrogens with zero attached hydrogens (tertiary/aromatic N) is 3. The molecule has 2 aromatic carbocycles. The topological polar surface area (TPSA) is 99.4 Å². The Morgan fingerprint density at radius 1 is 1.17 bits per heavy atom. The average molecular weight is 724 g/mol. The maximum atomic E-state index is 14.0. The fourth-order valence-electron chi connectivity index (χ4n) is 4.68. The standard InChI is InChI=1S/C30H31ClIN3O6S/c1-6-34(7-2)29(38)25-17(4)33-30-35(26(25)19-9-11-20(31)12-10-19)28(37)23(42-30)15-18-13-21(32)27(22(14-18)39-5)41-16-24(36)40-8-3/h9-15,26H,6-8,16H2,1-5H3/b23-15+/t26-/m0/s1. The lowest BCUT2D eigenvalue weighted by molar-refractivity contribution is -0.145. The van der Waals surface area contributed by atoms with Crippen molar-refractivity contribution in [3.05, 3.63) is 87.1 Å². The molecule has 1 atom stereocenters. The van der Waals surface area contributed by atoms with Crippen molar-refractivity contribution in [1.82, 2.24) is 9.47 Å². The van der Waals surface area contributed by atoms with Crippen molar-refractivity contribution < 1.29 is 23.8 Å². The van der Waals surface area contributed by atoms with E-state index in [-0.39, 0.29) is 24.7 Å². The van der Waals surface area contributed by atoms with Crippen LogP contribution in [0.5, 0.6) is 11.5 Å². The van der Waals surface area contributed by atoms with Crippen molar-refractivity contribution in [3.8, 4) is 11.5 Å². The Morgan fingerprint density at radius 3 is 2.48 bits per heavy atom. The van der Waals surface area contributed by atoms with Gasteiger partial charge in [0.15, 0.2) is 22.9 Å². The third-order valence-electron chi connectivity index (χ3n) is 6.68. The largest absolute Gasteiger partial charge is 0.493 e. The lowest BCUT2D eigenvalue weighted by Gasteiger charge is -2.29. The number of thiazole rings is 1. The molecule has 1 aliphatic heterocycles. The number of rotatable bonds is 10. The summed E-state index contributed by atoms with van der Waals surface area (Å²) in [6.45, 7) is 8.45. The number of esters is 1. The lowest BCUT2D eigenvalue weighted by atomic mass is 9.94. The highest BCUT2D eigenvalue weighted by atomic mass is 127. The molecule has 0 N–H and O–H groups in total. The van der Waals surface area contributed by atoms with Crippen LogP contribution in [0, 0.1) is 3.57 Å². The molecule has 4 rings (SSSR count). The first-order chi connectivity index (χ1) is 20.1. The molecular formula is C30H31ClIN3O6S. The Labute approximate surface area is 266 Å². The van der Waals surface area contributed by atoms with Crippen molar-refractivity contribution in [3.63, 3.8) is 0 Å².